The molecule has 0 saturated heterocycles. The Morgan fingerprint density at radius 1 is 1.25 bits per heavy atom. The third-order valence-electron chi connectivity index (χ3n) is 3.40. The first-order valence-electron chi connectivity index (χ1n) is 6.48. The molecule has 0 bridgehead atoms. The molecule has 0 aromatic rings. The minimum absolute atomic E-state index is 0.328. The smallest absolute Gasteiger partial charge is 0.116 e. The Kier molecular flexibility index (Phi) is 3.87. The van der Waals surface area contributed by atoms with E-state index in [-0.39, 0.29) is 0 Å². The quantitative estimate of drug-likeness (QED) is 0.639. The highest BCUT2D eigenvalue weighted by molar-refractivity contribution is 5.22. The van der Waals surface area contributed by atoms with Crippen LogP contribution in [0.15, 0.2) is 35.6 Å². The number of hydrogen-bond acceptors (Lipinski definition) is 1. The molecule has 2 aliphatic rings. The molecule has 0 aromatic carbocycles. The molecule has 0 N–H and O–H groups in total. The molecule has 0 fully saturated rings. The highest BCUT2D eigenvalue weighted by Crippen LogP contribution is 2.26. The van der Waals surface area contributed by atoms with Crippen molar-refractivity contribution >= 4 is 0 Å². The molecular formula is C15H22O. The second kappa shape index (κ2) is 5.38. The lowest BCUT2D eigenvalue weighted by atomic mass is 9.94. The standard InChI is InChI=1S/C15H22O/c1-12(2)13-8-10-15(11-9-13)16-14-6-4-3-5-7-14/h4,6,8,10,12,14H,3,5,7,9,11H2,1-2H3. The van der Waals surface area contributed by atoms with Crippen molar-refractivity contribution in [2.24, 2.45) is 5.92 Å². The maximum absolute atomic E-state index is 5.99. The van der Waals surface area contributed by atoms with Crippen molar-refractivity contribution in [2.75, 3.05) is 0 Å². The molecule has 2 aliphatic carbocycles. The zero-order valence-corrected chi connectivity index (χ0v) is 10.4. The number of allylic oxidation sites excluding steroid dienone is 5. The average molecular weight is 218 g/mol. The maximum atomic E-state index is 5.99. The van der Waals surface area contributed by atoms with E-state index in [0.717, 1.165) is 6.42 Å². The van der Waals surface area contributed by atoms with Gasteiger partial charge in [-0.25, -0.2) is 0 Å². The summed E-state index contributed by atoms with van der Waals surface area (Å²) in [5, 5.41) is 0. The van der Waals surface area contributed by atoms with Crippen LogP contribution >= 0.6 is 0 Å². The Hall–Kier alpha value is -0.980. The van der Waals surface area contributed by atoms with E-state index in [0.29, 0.717) is 12.0 Å². The van der Waals surface area contributed by atoms with Crippen LogP contribution in [0.1, 0.15) is 46.0 Å². The van der Waals surface area contributed by atoms with E-state index in [2.05, 4.69) is 38.2 Å². The van der Waals surface area contributed by atoms with Crippen molar-refractivity contribution in [3.8, 4) is 0 Å². The number of hydrogen-bond donors (Lipinski definition) is 0. The van der Waals surface area contributed by atoms with Crippen molar-refractivity contribution in [1.29, 1.82) is 0 Å². The summed E-state index contributed by atoms with van der Waals surface area (Å²) in [6.45, 7) is 4.52. The Labute approximate surface area is 98.9 Å². The molecular weight excluding hydrogens is 196 g/mol. The largest absolute Gasteiger partial charge is 0.491 e. The second-order valence-electron chi connectivity index (χ2n) is 5.04. The van der Waals surface area contributed by atoms with Gasteiger partial charge in [-0.1, -0.05) is 31.6 Å². The summed E-state index contributed by atoms with van der Waals surface area (Å²) >= 11 is 0. The lowest BCUT2D eigenvalue weighted by molar-refractivity contribution is 0.132. The first kappa shape index (κ1) is 11.5. The van der Waals surface area contributed by atoms with Crippen LogP contribution in [-0.4, -0.2) is 6.10 Å². The first-order valence-corrected chi connectivity index (χ1v) is 6.48. The minimum atomic E-state index is 0.328. The van der Waals surface area contributed by atoms with Gasteiger partial charge in [0.25, 0.3) is 0 Å². The van der Waals surface area contributed by atoms with Crippen molar-refractivity contribution in [3.63, 3.8) is 0 Å². The molecule has 1 nitrogen and oxygen atoms in total. The zero-order chi connectivity index (χ0) is 11.4. The van der Waals surface area contributed by atoms with E-state index < -0.39 is 0 Å². The SMILES string of the molecule is CC(C)C1=CC=C(OC2C=CCCC2)CC1. The van der Waals surface area contributed by atoms with E-state index in [4.69, 9.17) is 4.74 Å². The van der Waals surface area contributed by atoms with E-state index in [1.807, 2.05) is 0 Å². The monoisotopic (exact) mass is 218 g/mol. The van der Waals surface area contributed by atoms with Crippen molar-refractivity contribution in [2.45, 2.75) is 52.1 Å². The fourth-order valence-corrected chi connectivity index (χ4v) is 2.29. The highest BCUT2D eigenvalue weighted by atomic mass is 16.5. The van der Waals surface area contributed by atoms with E-state index in [1.54, 1.807) is 5.57 Å². The van der Waals surface area contributed by atoms with Crippen molar-refractivity contribution in [3.05, 3.63) is 35.6 Å². The highest BCUT2D eigenvalue weighted by Gasteiger charge is 2.14. The lowest BCUT2D eigenvalue weighted by Gasteiger charge is -2.23. The van der Waals surface area contributed by atoms with Gasteiger partial charge >= 0.3 is 0 Å². The Morgan fingerprint density at radius 3 is 2.69 bits per heavy atom. The fraction of sp³-hybridized carbons (Fsp3) is 0.600. The minimum Gasteiger partial charge on any atom is -0.491 e. The summed E-state index contributed by atoms with van der Waals surface area (Å²) < 4.78 is 5.99. The molecule has 0 aliphatic heterocycles. The van der Waals surface area contributed by atoms with Crippen molar-refractivity contribution < 1.29 is 4.74 Å². The molecule has 1 atom stereocenters. The van der Waals surface area contributed by atoms with Gasteiger partial charge in [0.05, 0.1) is 5.76 Å². The van der Waals surface area contributed by atoms with Crippen molar-refractivity contribution in [1.82, 2.24) is 0 Å². The average Bonchev–Trinajstić information content (AvgIpc) is 2.31. The summed E-state index contributed by atoms with van der Waals surface area (Å²) in [7, 11) is 0. The summed E-state index contributed by atoms with van der Waals surface area (Å²) in [6.07, 6.45) is 15.1. The van der Waals surface area contributed by atoms with Gasteiger partial charge in [0, 0.05) is 6.42 Å². The van der Waals surface area contributed by atoms with E-state index in [1.165, 1.54) is 31.4 Å². The predicted octanol–water partition coefficient (Wildman–Crippen LogP) is 4.37. The van der Waals surface area contributed by atoms with Gasteiger partial charge in [-0.3, -0.25) is 0 Å². The summed E-state index contributed by atoms with van der Waals surface area (Å²) in [5.74, 6) is 1.84. The Morgan fingerprint density at radius 2 is 2.12 bits per heavy atom. The van der Waals surface area contributed by atoms with Gasteiger partial charge in [-0.05, 0) is 43.8 Å². The van der Waals surface area contributed by atoms with E-state index >= 15 is 0 Å². The van der Waals surface area contributed by atoms with Gasteiger partial charge in [-0.2, -0.15) is 0 Å². The van der Waals surface area contributed by atoms with Crippen LogP contribution in [0.3, 0.4) is 0 Å². The summed E-state index contributed by atoms with van der Waals surface area (Å²) in [5.41, 5.74) is 1.55. The normalized spacial score (nSPS) is 25.3. The van der Waals surface area contributed by atoms with Crippen LogP contribution in [0.4, 0.5) is 0 Å². The summed E-state index contributed by atoms with van der Waals surface area (Å²) in [4.78, 5) is 0. The Balaban J connectivity index is 1.91. The molecule has 0 heterocycles. The molecule has 0 saturated carbocycles. The molecule has 2 rings (SSSR count). The second-order valence-corrected chi connectivity index (χ2v) is 5.04. The molecule has 16 heavy (non-hydrogen) atoms. The molecule has 0 amide bonds. The van der Waals surface area contributed by atoms with Gasteiger partial charge in [0.2, 0.25) is 0 Å². The van der Waals surface area contributed by atoms with Crippen LogP contribution in [0.25, 0.3) is 0 Å². The maximum Gasteiger partial charge on any atom is 0.116 e. The van der Waals surface area contributed by atoms with Crippen LogP contribution < -0.4 is 0 Å². The van der Waals surface area contributed by atoms with Gasteiger partial charge in [0.15, 0.2) is 0 Å². The Bertz CT molecular complexity index is 320. The van der Waals surface area contributed by atoms with Crippen LogP contribution in [0.2, 0.25) is 0 Å². The first-order chi connectivity index (χ1) is 7.75. The van der Waals surface area contributed by atoms with Gasteiger partial charge in [0.1, 0.15) is 6.10 Å². The molecule has 0 radical (unpaired) electrons. The van der Waals surface area contributed by atoms with Crippen LogP contribution in [0, 0.1) is 5.92 Å². The number of ether oxygens (including phenoxy) is 1. The molecule has 0 aromatic heterocycles. The van der Waals surface area contributed by atoms with Gasteiger partial charge in [-0.15, -0.1) is 0 Å². The molecule has 88 valence electrons. The predicted molar refractivity (Wildman–Crippen MR) is 68.1 cm³/mol. The fourth-order valence-electron chi connectivity index (χ4n) is 2.29. The third-order valence-corrected chi connectivity index (χ3v) is 3.40. The lowest BCUT2D eigenvalue weighted by Crippen LogP contribution is -2.13. The molecule has 1 heteroatoms. The number of rotatable bonds is 3. The molecule has 1 unspecified atom stereocenters. The third kappa shape index (κ3) is 3.01. The molecule has 0 spiro atoms. The topological polar surface area (TPSA) is 9.23 Å². The summed E-state index contributed by atoms with van der Waals surface area (Å²) in [6, 6.07) is 0. The van der Waals surface area contributed by atoms with E-state index in [9.17, 15) is 0 Å². The zero-order valence-electron chi connectivity index (χ0n) is 10.4. The van der Waals surface area contributed by atoms with Gasteiger partial charge < -0.3 is 4.74 Å². The van der Waals surface area contributed by atoms with Crippen LogP contribution in [-0.2, 0) is 4.74 Å². The van der Waals surface area contributed by atoms with Crippen LogP contribution in [0.5, 0.6) is 0 Å².